The average Bonchev–Trinajstić information content (AvgIpc) is 2.61. The normalized spacial score (nSPS) is 16.5. The zero-order chi connectivity index (χ0) is 21.8. The summed E-state index contributed by atoms with van der Waals surface area (Å²) in [7, 11) is 0. The molecule has 1 atom stereocenters. The lowest BCUT2D eigenvalue weighted by Gasteiger charge is -2.35. The number of piperidine rings is 1. The number of ether oxygens (including phenoxy) is 2. The molecule has 1 aromatic carbocycles. The minimum Gasteiger partial charge on any atom is -0.490 e. The van der Waals surface area contributed by atoms with E-state index in [0.717, 1.165) is 12.1 Å². The smallest absolute Gasteiger partial charge is 0.408 e. The number of hydrogen-bond donors (Lipinski definition) is 1. The van der Waals surface area contributed by atoms with Crippen LogP contribution in [0.25, 0.3) is 0 Å². The maximum atomic E-state index is 13.3. The van der Waals surface area contributed by atoms with Crippen molar-refractivity contribution in [1.82, 2.24) is 10.2 Å². The number of nitrogens with zero attached hydrogens (tertiary/aromatic N) is 1. The highest BCUT2D eigenvalue weighted by molar-refractivity contribution is 5.86. The van der Waals surface area contributed by atoms with Crippen LogP contribution in [-0.2, 0) is 9.53 Å². The van der Waals surface area contributed by atoms with E-state index in [4.69, 9.17) is 9.47 Å². The van der Waals surface area contributed by atoms with Crippen molar-refractivity contribution in [2.24, 2.45) is 5.92 Å². The number of hydrogen-bond acceptors (Lipinski definition) is 4. The zero-order valence-electron chi connectivity index (χ0n) is 17.6. The Morgan fingerprint density at radius 2 is 1.76 bits per heavy atom. The van der Waals surface area contributed by atoms with Gasteiger partial charge in [0.25, 0.3) is 0 Å². The number of likely N-dealkylation sites (tertiary alicyclic amines) is 1. The van der Waals surface area contributed by atoms with Gasteiger partial charge in [-0.1, -0.05) is 13.8 Å². The van der Waals surface area contributed by atoms with E-state index in [1.807, 2.05) is 13.8 Å². The minimum absolute atomic E-state index is 0.105. The second-order valence-corrected chi connectivity index (χ2v) is 8.59. The van der Waals surface area contributed by atoms with Crippen LogP contribution in [0.5, 0.6) is 5.75 Å². The fraction of sp³-hybridized carbons (Fsp3) is 0.619. The van der Waals surface area contributed by atoms with Gasteiger partial charge >= 0.3 is 6.09 Å². The van der Waals surface area contributed by atoms with Crippen molar-refractivity contribution in [1.29, 1.82) is 0 Å². The largest absolute Gasteiger partial charge is 0.490 e. The van der Waals surface area contributed by atoms with Crippen LogP contribution in [0.4, 0.5) is 13.6 Å². The molecule has 1 aromatic rings. The van der Waals surface area contributed by atoms with Crippen LogP contribution in [0.3, 0.4) is 0 Å². The van der Waals surface area contributed by atoms with Gasteiger partial charge in [-0.15, -0.1) is 0 Å². The fourth-order valence-corrected chi connectivity index (χ4v) is 3.08. The predicted molar refractivity (Wildman–Crippen MR) is 105 cm³/mol. The molecule has 6 nitrogen and oxygen atoms in total. The van der Waals surface area contributed by atoms with Gasteiger partial charge in [-0.2, -0.15) is 0 Å². The predicted octanol–water partition coefficient (Wildman–Crippen LogP) is 3.88. The molecule has 0 spiro atoms. The second-order valence-electron chi connectivity index (χ2n) is 8.59. The molecule has 1 heterocycles. The summed E-state index contributed by atoms with van der Waals surface area (Å²) in [6.07, 6.45) is 0.297. The van der Waals surface area contributed by atoms with E-state index in [0.29, 0.717) is 25.9 Å². The van der Waals surface area contributed by atoms with Gasteiger partial charge in [-0.25, -0.2) is 13.6 Å². The highest BCUT2D eigenvalue weighted by Gasteiger charge is 2.32. The van der Waals surface area contributed by atoms with Crippen molar-refractivity contribution < 1.29 is 27.8 Å². The topological polar surface area (TPSA) is 67.9 Å². The van der Waals surface area contributed by atoms with E-state index in [1.54, 1.807) is 25.7 Å². The Bertz CT molecular complexity index is 726. The molecular weight excluding hydrogens is 382 g/mol. The summed E-state index contributed by atoms with van der Waals surface area (Å²) in [5, 5.41) is 2.67. The molecule has 0 unspecified atom stereocenters. The molecule has 1 aliphatic rings. The van der Waals surface area contributed by atoms with Crippen LogP contribution in [-0.4, -0.2) is 47.7 Å². The molecule has 1 saturated heterocycles. The Hall–Kier alpha value is -2.38. The fourth-order valence-electron chi connectivity index (χ4n) is 3.08. The molecule has 8 heteroatoms. The number of nitrogens with one attached hydrogen (secondary N) is 1. The Morgan fingerprint density at radius 1 is 1.14 bits per heavy atom. The van der Waals surface area contributed by atoms with Crippen LogP contribution >= 0.6 is 0 Å². The molecule has 1 N–H and O–H groups in total. The lowest BCUT2D eigenvalue weighted by atomic mass is 10.0. The third-order valence-electron chi connectivity index (χ3n) is 4.55. The van der Waals surface area contributed by atoms with Gasteiger partial charge in [0.15, 0.2) is 11.6 Å². The van der Waals surface area contributed by atoms with E-state index in [2.05, 4.69) is 5.32 Å². The summed E-state index contributed by atoms with van der Waals surface area (Å²) >= 11 is 0. The number of carbonyl (C=O) groups is 2. The van der Waals surface area contributed by atoms with Crippen molar-refractivity contribution in [3.05, 3.63) is 29.8 Å². The van der Waals surface area contributed by atoms with Gasteiger partial charge in [-0.05, 0) is 38.8 Å². The highest BCUT2D eigenvalue weighted by atomic mass is 19.2. The summed E-state index contributed by atoms with van der Waals surface area (Å²) < 4.78 is 37.3. The number of benzene rings is 1. The lowest BCUT2D eigenvalue weighted by molar-refractivity contribution is -0.136. The van der Waals surface area contributed by atoms with Crippen molar-refractivity contribution >= 4 is 12.0 Å². The summed E-state index contributed by atoms with van der Waals surface area (Å²) in [4.78, 5) is 26.7. The van der Waals surface area contributed by atoms with Gasteiger partial charge < -0.3 is 19.7 Å². The van der Waals surface area contributed by atoms with Crippen LogP contribution in [0.2, 0.25) is 0 Å². The summed E-state index contributed by atoms with van der Waals surface area (Å²) in [6.45, 7) is 9.90. The third kappa shape index (κ3) is 6.87. The maximum absolute atomic E-state index is 13.3. The molecule has 2 amide bonds. The number of alkyl carbamates (subject to hydrolysis) is 1. The molecule has 0 saturated carbocycles. The molecule has 162 valence electrons. The number of halogens is 2. The van der Waals surface area contributed by atoms with E-state index >= 15 is 0 Å². The van der Waals surface area contributed by atoms with Crippen molar-refractivity contribution in [3.8, 4) is 5.75 Å². The van der Waals surface area contributed by atoms with Gasteiger partial charge in [-0.3, -0.25) is 4.79 Å². The SMILES string of the molecule is CC(C)[C@H](NC(=O)OC(C)(C)C)C(=O)N1CCC(Oc2ccc(F)c(F)c2)CC1. The summed E-state index contributed by atoms with van der Waals surface area (Å²) in [5.74, 6) is -1.89. The first-order valence-electron chi connectivity index (χ1n) is 9.86. The highest BCUT2D eigenvalue weighted by Crippen LogP contribution is 2.22. The van der Waals surface area contributed by atoms with E-state index in [1.165, 1.54) is 6.07 Å². The van der Waals surface area contributed by atoms with E-state index in [-0.39, 0.29) is 23.7 Å². The molecule has 2 rings (SSSR count). The molecule has 29 heavy (non-hydrogen) atoms. The van der Waals surface area contributed by atoms with Crippen molar-refractivity contribution in [2.75, 3.05) is 13.1 Å². The lowest BCUT2D eigenvalue weighted by Crippen LogP contribution is -2.54. The first-order valence-corrected chi connectivity index (χ1v) is 9.86. The van der Waals surface area contributed by atoms with Gasteiger partial charge in [0.1, 0.15) is 23.5 Å². The molecule has 0 radical (unpaired) electrons. The van der Waals surface area contributed by atoms with Gasteiger partial charge in [0.2, 0.25) is 5.91 Å². The summed E-state index contributed by atoms with van der Waals surface area (Å²) in [5.41, 5.74) is -0.649. The molecule has 1 fully saturated rings. The van der Waals surface area contributed by atoms with Crippen LogP contribution in [0.1, 0.15) is 47.5 Å². The van der Waals surface area contributed by atoms with Crippen LogP contribution in [0, 0.1) is 17.6 Å². The third-order valence-corrected chi connectivity index (χ3v) is 4.55. The maximum Gasteiger partial charge on any atom is 0.408 e. The molecular formula is C21H30F2N2O4. The summed E-state index contributed by atoms with van der Waals surface area (Å²) in [6, 6.07) is 2.74. The Labute approximate surface area is 170 Å². The van der Waals surface area contributed by atoms with Crippen LogP contribution in [0.15, 0.2) is 18.2 Å². The van der Waals surface area contributed by atoms with Gasteiger partial charge in [0, 0.05) is 32.0 Å². The second kappa shape index (κ2) is 9.41. The molecule has 0 aliphatic carbocycles. The first kappa shape index (κ1) is 22.9. The van der Waals surface area contributed by atoms with Crippen molar-refractivity contribution in [3.63, 3.8) is 0 Å². The van der Waals surface area contributed by atoms with Crippen LogP contribution < -0.4 is 10.1 Å². The molecule has 0 bridgehead atoms. The van der Waals surface area contributed by atoms with E-state index < -0.39 is 29.4 Å². The van der Waals surface area contributed by atoms with Crippen molar-refractivity contribution in [2.45, 2.75) is 65.2 Å². The quantitative estimate of drug-likeness (QED) is 0.797. The number of rotatable bonds is 5. The molecule has 1 aliphatic heterocycles. The monoisotopic (exact) mass is 412 g/mol. The molecule has 0 aromatic heterocycles. The Balaban J connectivity index is 1.91. The van der Waals surface area contributed by atoms with E-state index in [9.17, 15) is 18.4 Å². The number of amides is 2. The number of carbonyl (C=O) groups excluding carboxylic acids is 2. The Morgan fingerprint density at radius 3 is 2.28 bits per heavy atom. The first-order chi connectivity index (χ1) is 13.5. The average molecular weight is 412 g/mol. The van der Waals surface area contributed by atoms with Gasteiger partial charge in [0.05, 0.1) is 0 Å². The zero-order valence-corrected chi connectivity index (χ0v) is 17.6. The Kier molecular flexibility index (Phi) is 7.43. The standard InChI is InChI=1S/C21H30F2N2O4/c1-13(2)18(24-20(27)29-21(3,4)5)19(26)25-10-8-14(9-11-25)28-15-6-7-16(22)17(23)12-15/h6-7,12-14,18H,8-11H2,1-5H3,(H,24,27)/t18-/m0/s1. The minimum atomic E-state index is -0.955.